The average Bonchev–Trinajstić information content (AvgIpc) is 2.54. The van der Waals surface area contributed by atoms with Crippen LogP contribution in [0.1, 0.15) is 22.8 Å². The summed E-state index contributed by atoms with van der Waals surface area (Å²) in [7, 11) is 0. The van der Waals surface area contributed by atoms with Crippen molar-refractivity contribution in [3.63, 3.8) is 0 Å². The van der Waals surface area contributed by atoms with Crippen molar-refractivity contribution in [2.45, 2.75) is 13.8 Å². The van der Waals surface area contributed by atoms with Gasteiger partial charge in [-0.25, -0.2) is 0 Å². The van der Waals surface area contributed by atoms with Crippen LogP contribution in [0, 0.1) is 12.8 Å². The van der Waals surface area contributed by atoms with E-state index in [9.17, 15) is 9.59 Å². The van der Waals surface area contributed by atoms with E-state index in [1.54, 1.807) is 6.07 Å². The molecule has 0 bridgehead atoms. The van der Waals surface area contributed by atoms with E-state index < -0.39 is 11.7 Å². The van der Waals surface area contributed by atoms with E-state index in [1.807, 2.05) is 19.9 Å². The van der Waals surface area contributed by atoms with Gasteiger partial charge >= 0.3 is 0 Å². The first kappa shape index (κ1) is 13.2. The van der Waals surface area contributed by atoms with E-state index in [-0.39, 0.29) is 12.5 Å². The first-order valence-electron chi connectivity index (χ1n) is 5.73. The van der Waals surface area contributed by atoms with E-state index in [2.05, 4.69) is 15.9 Å². The standard InChI is InChI=1S/C13H14BrNO3/c1-7(6-16)5-15-11-8(2)3-9(14)4-10(11)12(17)13(15)18/h3-4,7,16H,5-6H2,1-2H3. The molecule has 1 aliphatic heterocycles. The summed E-state index contributed by atoms with van der Waals surface area (Å²) < 4.78 is 0.789. The summed E-state index contributed by atoms with van der Waals surface area (Å²) in [4.78, 5) is 25.3. The lowest BCUT2D eigenvalue weighted by atomic mass is 10.1. The van der Waals surface area contributed by atoms with E-state index in [4.69, 9.17) is 5.11 Å². The number of aryl methyl sites for hydroxylation is 1. The highest BCUT2D eigenvalue weighted by atomic mass is 79.9. The summed E-state index contributed by atoms with van der Waals surface area (Å²) in [5.41, 5.74) is 1.99. The summed E-state index contributed by atoms with van der Waals surface area (Å²) in [5, 5.41) is 9.08. The third-order valence-electron chi connectivity index (χ3n) is 3.03. The third-order valence-corrected chi connectivity index (χ3v) is 3.48. The molecule has 0 saturated carbocycles. The van der Waals surface area contributed by atoms with Crippen LogP contribution in [0.25, 0.3) is 0 Å². The third kappa shape index (κ3) is 2.08. The molecule has 0 radical (unpaired) electrons. The van der Waals surface area contributed by atoms with Crippen LogP contribution in [0.2, 0.25) is 0 Å². The molecular weight excluding hydrogens is 298 g/mol. The van der Waals surface area contributed by atoms with Crippen molar-refractivity contribution in [3.8, 4) is 0 Å². The topological polar surface area (TPSA) is 57.6 Å². The number of benzene rings is 1. The first-order chi connectivity index (χ1) is 8.45. The predicted octanol–water partition coefficient (Wildman–Crippen LogP) is 1.92. The van der Waals surface area contributed by atoms with Crippen molar-refractivity contribution < 1.29 is 14.7 Å². The molecule has 1 aromatic rings. The molecule has 1 N–H and O–H groups in total. The minimum Gasteiger partial charge on any atom is -0.396 e. The highest BCUT2D eigenvalue weighted by Gasteiger charge is 2.37. The molecule has 1 heterocycles. The Bertz CT molecular complexity index is 527. The number of aliphatic hydroxyl groups is 1. The Balaban J connectivity index is 2.48. The monoisotopic (exact) mass is 311 g/mol. The number of Topliss-reactive ketones (excluding diaryl/α,β-unsaturated/α-hetero) is 1. The Labute approximate surface area is 114 Å². The Morgan fingerprint density at radius 3 is 2.67 bits per heavy atom. The Morgan fingerprint density at radius 1 is 1.39 bits per heavy atom. The van der Waals surface area contributed by atoms with Crippen LogP contribution in [0.4, 0.5) is 5.69 Å². The molecule has 1 unspecified atom stereocenters. The molecule has 2 rings (SSSR count). The summed E-state index contributed by atoms with van der Waals surface area (Å²) in [5.74, 6) is -1.04. The van der Waals surface area contributed by atoms with Crippen molar-refractivity contribution in [2.24, 2.45) is 5.92 Å². The Morgan fingerprint density at radius 2 is 2.06 bits per heavy atom. The maximum atomic E-state index is 12.0. The fourth-order valence-electron chi connectivity index (χ4n) is 2.15. The zero-order valence-electron chi connectivity index (χ0n) is 10.2. The summed E-state index contributed by atoms with van der Waals surface area (Å²) in [6, 6.07) is 3.55. The molecule has 1 amide bonds. The van der Waals surface area contributed by atoms with Crippen molar-refractivity contribution in [1.82, 2.24) is 0 Å². The number of fused-ring (bicyclic) bond motifs is 1. The van der Waals surface area contributed by atoms with Crippen molar-refractivity contribution in [3.05, 3.63) is 27.7 Å². The highest BCUT2D eigenvalue weighted by molar-refractivity contribution is 9.10. The zero-order valence-corrected chi connectivity index (χ0v) is 11.8. The highest BCUT2D eigenvalue weighted by Crippen LogP contribution is 2.35. The van der Waals surface area contributed by atoms with Gasteiger partial charge in [-0.3, -0.25) is 9.59 Å². The van der Waals surface area contributed by atoms with Gasteiger partial charge in [0, 0.05) is 17.6 Å². The molecule has 1 atom stereocenters. The molecule has 0 saturated heterocycles. The van der Waals surface area contributed by atoms with Crippen LogP contribution in [0.15, 0.2) is 16.6 Å². The lowest BCUT2D eigenvalue weighted by molar-refractivity contribution is -0.114. The summed E-state index contributed by atoms with van der Waals surface area (Å²) >= 11 is 3.33. The van der Waals surface area contributed by atoms with Crippen LogP contribution >= 0.6 is 15.9 Å². The molecule has 96 valence electrons. The molecule has 1 aromatic carbocycles. The molecule has 18 heavy (non-hydrogen) atoms. The second-order valence-corrected chi connectivity index (χ2v) is 5.57. The molecule has 0 aromatic heterocycles. The molecule has 4 nitrogen and oxygen atoms in total. The van der Waals surface area contributed by atoms with E-state index in [0.717, 1.165) is 10.0 Å². The van der Waals surface area contributed by atoms with Gasteiger partial charge in [0.25, 0.3) is 11.7 Å². The Hall–Kier alpha value is -1.20. The van der Waals surface area contributed by atoms with Gasteiger partial charge in [0.1, 0.15) is 0 Å². The summed E-state index contributed by atoms with van der Waals surface area (Å²) in [6.45, 7) is 4.05. The van der Waals surface area contributed by atoms with Crippen LogP contribution in [-0.4, -0.2) is 29.9 Å². The number of hydrogen-bond donors (Lipinski definition) is 1. The average molecular weight is 312 g/mol. The van der Waals surface area contributed by atoms with Crippen molar-refractivity contribution in [2.75, 3.05) is 18.1 Å². The molecule has 1 aliphatic rings. The van der Waals surface area contributed by atoms with Gasteiger partial charge in [-0.15, -0.1) is 0 Å². The number of carbonyl (C=O) groups excluding carboxylic acids is 2. The van der Waals surface area contributed by atoms with Gasteiger partial charge in [-0.1, -0.05) is 22.9 Å². The first-order valence-corrected chi connectivity index (χ1v) is 6.52. The molecule has 0 fully saturated rings. The van der Waals surface area contributed by atoms with E-state index in [1.165, 1.54) is 4.90 Å². The maximum Gasteiger partial charge on any atom is 0.299 e. The number of anilines is 1. The van der Waals surface area contributed by atoms with Crippen molar-refractivity contribution in [1.29, 1.82) is 0 Å². The number of halogens is 1. The van der Waals surface area contributed by atoms with E-state index in [0.29, 0.717) is 17.8 Å². The quantitative estimate of drug-likeness (QED) is 0.868. The molecule has 0 aliphatic carbocycles. The number of amides is 1. The molecule has 5 heteroatoms. The smallest absolute Gasteiger partial charge is 0.299 e. The fraction of sp³-hybridized carbons (Fsp3) is 0.385. The van der Waals surface area contributed by atoms with Gasteiger partial charge in [-0.2, -0.15) is 0 Å². The number of hydrogen-bond acceptors (Lipinski definition) is 3. The van der Waals surface area contributed by atoms with Crippen molar-refractivity contribution >= 4 is 33.3 Å². The van der Waals surface area contributed by atoms with Gasteiger partial charge in [0.05, 0.1) is 11.3 Å². The van der Waals surface area contributed by atoms with Crippen LogP contribution in [-0.2, 0) is 4.79 Å². The van der Waals surface area contributed by atoms with Gasteiger partial charge < -0.3 is 10.0 Å². The SMILES string of the molecule is Cc1cc(Br)cc2c1N(CC(C)CO)C(=O)C2=O. The number of rotatable bonds is 3. The zero-order chi connectivity index (χ0) is 13.4. The fourth-order valence-corrected chi connectivity index (χ4v) is 2.72. The largest absolute Gasteiger partial charge is 0.396 e. The number of carbonyl (C=O) groups is 2. The lowest BCUT2D eigenvalue weighted by Crippen LogP contribution is -2.34. The van der Waals surface area contributed by atoms with Gasteiger partial charge in [0.2, 0.25) is 0 Å². The van der Waals surface area contributed by atoms with Crippen LogP contribution in [0.3, 0.4) is 0 Å². The van der Waals surface area contributed by atoms with Gasteiger partial charge in [-0.05, 0) is 30.5 Å². The number of aliphatic hydroxyl groups excluding tert-OH is 1. The molecule has 0 spiro atoms. The summed E-state index contributed by atoms with van der Waals surface area (Å²) in [6.07, 6.45) is 0. The second-order valence-electron chi connectivity index (χ2n) is 4.65. The van der Waals surface area contributed by atoms with Crippen LogP contribution in [0.5, 0.6) is 0 Å². The Kier molecular flexibility index (Phi) is 3.54. The maximum absolute atomic E-state index is 12.0. The second kappa shape index (κ2) is 4.82. The van der Waals surface area contributed by atoms with Gasteiger partial charge in [0.15, 0.2) is 0 Å². The minimum atomic E-state index is -0.508. The van der Waals surface area contributed by atoms with Crippen LogP contribution < -0.4 is 4.90 Å². The minimum absolute atomic E-state index is 0.0110. The number of nitrogens with zero attached hydrogens (tertiary/aromatic N) is 1. The van der Waals surface area contributed by atoms with E-state index >= 15 is 0 Å². The normalized spacial score (nSPS) is 16.1. The predicted molar refractivity (Wildman–Crippen MR) is 71.8 cm³/mol. The number of ketones is 1. The molecular formula is C13H14BrNO3. The lowest BCUT2D eigenvalue weighted by Gasteiger charge is -2.21.